The highest BCUT2D eigenvalue weighted by atomic mass is 79.9. The number of Topliss-reactive ketones (excluding diaryl/α,β-unsaturated/α-hetero) is 1. The number of piperidine rings is 1. The summed E-state index contributed by atoms with van der Waals surface area (Å²) in [5, 5.41) is 0. The second-order valence-electron chi connectivity index (χ2n) is 6.14. The van der Waals surface area contributed by atoms with Crippen molar-refractivity contribution in [2.24, 2.45) is 11.7 Å². The molecule has 0 saturated carbocycles. The van der Waals surface area contributed by atoms with Gasteiger partial charge in [0.2, 0.25) is 0 Å². The lowest BCUT2D eigenvalue weighted by Gasteiger charge is -2.34. The van der Waals surface area contributed by atoms with Crippen LogP contribution in [0.3, 0.4) is 0 Å². The maximum absolute atomic E-state index is 14.1. The molecule has 1 amide bonds. The van der Waals surface area contributed by atoms with Gasteiger partial charge in [0.1, 0.15) is 5.82 Å². The van der Waals surface area contributed by atoms with Crippen LogP contribution < -0.4 is 10.6 Å². The van der Waals surface area contributed by atoms with E-state index >= 15 is 0 Å². The summed E-state index contributed by atoms with van der Waals surface area (Å²) in [6.07, 6.45) is 1.31. The summed E-state index contributed by atoms with van der Waals surface area (Å²) in [4.78, 5) is 26.1. The summed E-state index contributed by atoms with van der Waals surface area (Å²) in [5.41, 5.74) is 6.44. The zero-order valence-corrected chi connectivity index (χ0v) is 15.1. The molecule has 1 aliphatic rings. The monoisotopic (exact) mass is 404 g/mol. The quantitative estimate of drug-likeness (QED) is 0.788. The molecule has 2 aromatic carbocycles. The number of nitrogens with zero attached hydrogens (tertiary/aromatic N) is 1. The Hall–Kier alpha value is -2.21. The zero-order valence-electron chi connectivity index (χ0n) is 13.5. The molecule has 1 saturated heterocycles. The molecule has 0 aromatic heterocycles. The molecule has 1 heterocycles. The lowest BCUT2D eigenvalue weighted by atomic mass is 9.88. The summed E-state index contributed by atoms with van der Waals surface area (Å²) < 4.78 is 14.7. The lowest BCUT2D eigenvalue weighted by molar-refractivity contribution is 0.0899. The minimum absolute atomic E-state index is 0.0623. The van der Waals surface area contributed by atoms with Crippen LogP contribution in [0, 0.1) is 11.7 Å². The van der Waals surface area contributed by atoms with E-state index in [1.807, 2.05) is 35.2 Å². The van der Waals surface area contributed by atoms with Crippen LogP contribution in [0.1, 0.15) is 33.6 Å². The van der Waals surface area contributed by atoms with Crippen LogP contribution in [0.25, 0.3) is 0 Å². The number of carbonyl (C=O) groups is 2. The fourth-order valence-electron chi connectivity index (χ4n) is 3.27. The first kappa shape index (κ1) is 17.6. The molecule has 4 nitrogen and oxygen atoms in total. The number of rotatable bonds is 4. The van der Waals surface area contributed by atoms with Crippen molar-refractivity contribution in [3.8, 4) is 0 Å². The van der Waals surface area contributed by atoms with Crippen molar-refractivity contribution in [2.75, 3.05) is 18.0 Å². The Labute approximate surface area is 153 Å². The van der Waals surface area contributed by atoms with Gasteiger partial charge in [-0.05, 0) is 25.0 Å². The Morgan fingerprint density at radius 2 is 1.76 bits per heavy atom. The first-order valence-corrected chi connectivity index (χ1v) is 8.89. The van der Waals surface area contributed by atoms with Gasteiger partial charge in [0.25, 0.3) is 5.91 Å². The SMILES string of the molecule is NC(=O)c1c(F)cc(Br)cc1N1CCC(C(=O)c2ccccc2)CC1. The lowest BCUT2D eigenvalue weighted by Crippen LogP contribution is -2.37. The maximum atomic E-state index is 14.1. The average molecular weight is 405 g/mol. The third kappa shape index (κ3) is 3.74. The van der Waals surface area contributed by atoms with E-state index in [-0.39, 0.29) is 17.3 Å². The third-order valence-corrected chi connectivity index (χ3v) is 5.00. The van der Waals surface area contributed by atoms with Gasteiger partial charge >= 0.3 is 0 Å². The fraction of sp³-hybridized carbons (Fsp3) is 0.263. The molecule has 0 bridgehead atoms. The molecule has 2 aromatic rings. The third-order valence-electron chi connectivity index (χ3n) is 4.55. The van der Waals surface area contributed by atoms with Gasteiger partial charge in [0, 0.05) is 29.0 Å². The van der Waals surface area contributed by atoms with E-state index in [9.17, 15) is 14.0 Å². The number of amides is 1. The van der Waals surface area contributed by atoms with E-state index in [1.165, 1.54) is 6.07 Å². The number of hydrogen-bond acceptors (Lipinski definition) is 3. The Kier molecular flexibility index (Phi) is 5.18. The summed E-state index contributed by atoms with van der Waals surface area (Å²) in [7, 11) is 0. The van der Waals surface area contributed by atoms with Gasteiger partial charge in [-0.15, -0.1) is 0 Å². The Balaban J connectivity index is 1.77. The molecule has 3 rings (SSSR count). The number of ketones is 1. The van der Waals surface area contributed by atoms with Crippen LogP contribution in [0.2, 0.25) is 0 Å². The first-order chi connectivity index (χ1) is 12.0. The van der Waals surface area contributed by atoms with Gasteiger partial charge < -0.3 is 10.6 Å². The smallest absolute Gasteiger partial charge is 0.253 e. The van der Waals surface area contributed by atoms with E-state index in [1.54, 1.807) is 6.07 Å². The van der Waals surface area contributed by atoms with Gasteiger partial charge in [-0.1, -0.05) is 46.3 Å². The molecular weight excluding hydrogens is 387 g/mol. The van der Waals surface area contributed by atoms with Crippen molar-refractivity contribution in [2.45, 2.75) is 12.8 Å². The number of halogens is 2. The number of nitrogens with two attached hydrogens (primary N) is 1. The number of anilines is 1. The number of carbonyl (C=O) groups excluding carboxylic acids is 2. The molecule has 0 unspecified atom stereocenters. The van der Waals surface area contributed by atoms with Gasteiger partial charge in [-0.3, -0.25) is 9.59 Å². The molecule has 1 fully saturated rings. The fourth-order valence-corrected chi connectivity index (χ4v) is 3.69. The molecule has 25 heavy (non-hydrogen) atoms. The normalized spacial score (nSPS) is 15.2. The van der Waals surface area contributed by atoms with Gasteiger partial charge in [-0.2, -0.15) is 0 Å². The van der Waals surface area contributed by atoms with E-state index in [0.29, 0.717) is 41.7 Å². The van der Waals surface area contributed by atoms with Gasteiger partial charge in [0.05, 0.1) is 11.3 Å². The summed E-state index contributed by atoms with van der Waals surface area (Å²) in [5.74, 6) is -1.36. The Bertz CT molecular complexity index is 803. The topological polar surface area (TPSA) is 63.4 Å². The Morgan fingerprint density at radius 1 is 1.12 bits per heavy atom. The number of benzene rings is 2. The molecule has 6 heteroatoms. The van der Waals surface area contributed by atoms with Gasteiger partial charge in [0.15, 0.2) is 5.78 Å². The number of hydrogen-bond donors (Lipinski definition) is 1. The largest absolute Gasteiger partial charge is 0.371 e. The molecular formula is C19H18BrFN2O2. The van der Waals surface area contributed by atoms with Crippen LogP contribution in [-0.4, -0.2) is 24.8 Å². The van der Waals surface area contributed by atoms with E-state index in [2.05, 4.69) is 15.9 Å². The minimum Gasteiger partial charge on any atom is -0.371 e. The van der Waals surface area contributed by atoms with Crippen LogP contribution in [0.15, 0.2) is 46.9 Å². The van der Waals surface area contributed by atoms with Crippen molar-refractivity contribution in [3.63, 3.8) is 0 Å². The van der Waals surface area contributed by atoms with Crippen molar-refractivity contribution in [1.29, 1.82) is 0 Å². The van der Waals surface area contributed by atoms with Gasteiger partial charge in [-0.25, -0.2) is 4.39 Å². The standard InChI is InChI=1S/C19H18BrFN2O2/c20-14-10-15(21)17(19(22)25)16(11-14)23-8-6-13(7-9-23)18(24)12-4-2-1-3-5-12/h1-5,10-11,13H,6-9H2,(H2,22,25). The summed E-state index contributed by atoms with van der Waals surface area (Å²) in [6.45, 7) is 1.14. The molecule has 0 radical (unpaired) electrons. The second kappa shape index (κ2) is 7.35. The van der Waals surface area contributed by atoms with Crippen LogP contribution >= 0.6 is 15.9 Å². The summed E-state index contributed by atoms with van der Waals surface area (Å²) in [6, 6.07) is 12.2. The molecule has 0 atom stereocenters. The van der Waals surface area contributed by atoms with Crippen molar-refractivity contribution >= 4 is 33.3 Å². The highest BCUT2D eigenvalue weighted by Crippen LogP contribution is 2.32. The molecule has 2 N–H and O–H groups in total. The first-order valence-electron chi connectivity index (χ1n) is 8.10. The van der Waals surface area contributed by atoms with Crippen LogP contribution in [0.5, 0.6) is 0 Å². The maximum Gasteiger partial charge on any atom is 0.253 e. The second-order valence-corrected chi connectivity index (χ2v) is 7.05. The van der Waals surface area contributed by atoms with E-state index < -0.39 is 11.7 Å². The van der Waals surface area contributed by atoms with Crippen molar-refractivity contribution < 1.29 is 14.0 Å². The average Bonchev–Trinajstić information content (AvgIpc) is 2.61. The van der Waals surface area contributed by atoms with E-state index in [0.717, 1.165) is 0 Å². The molecule has 0 spiro atoms. The highest BCUT2D eigenvalue weighted by molar-refractivity contribution is 9.10. The predicted octanol–water partition coefficient (Wildman–Crippen LogP) is 3.79. The van der Waals surface area contributed by atoms with E-state index in [4.69, 9.17) is 5.73 Å². The van der Waals surface area contributed by atoms with Crippen molar-refractivity contribution in [1.82, 2.24) is 0 Å². The molecule has 1 aliphatic heterocycles. The van der Waals surface area contributed by atoms with Crippen molar-refractivity contribution in [3.05, 3.63) is 63.9 Å². The highest BCUT2D eigenvalue weighted by Gasteiger charge is 2.28. The zero-order chi connectivity index (χ0) is 18.0. The predicted molar refractivity (Wildman–Crippen MR) is 98.3 cm³/mol. The molecule has 130 valence electrons. The number of primary amides is 1. The minimum atomic E-state index is -0.789. The Morgan fingerprint density at radius 3 is 2.36 bits per heavy atom. The van der Waals surface area contributed by atoms with Crippen LogP contribution in [0.4, 0.5) is 10.1 Å². The summed E-state index contributed by atoms with van der Waals surface area (Å²) >= 11 is 3.26. The molecule has 0 aliphatic carbocycles. The van der Waals surface area contributed by atoms with Crippen LogP contribution in [-0.2, 0) is 0 Å².